The number of imide groups is 1. The Kier molecular flexibility index (Phi) is 6.77. The second kappa shape index (κ2) is 10.3. The third-order valence-corrected chi connectivity index (χ3v) is 6.79. The number of para-hydroxylation sites is 3. The number of thioether (sulfide) groups is 1. The summed E-state index contributed by atoms with van der Waals surface area (Å²) < 4.78 is 26.4. The Hall–Kier alpha value is -4.04. The van der Waals surface area contributed by atoms with Gasteiger partial charge in [0.1, 0.15) is 12.4 Å². The van der Waals surface area contributed by atoms with E-state index < -0.39 is 0 Å². The molecule has 0 unspecified atom stereocenters. The van der Waals surface area contributed by atoms with E-state index in [9.17, 15) is 14.0 Å². The molecule has 2 heterocycles. The SMILES string of the molecule is COc1ccccc1OCCN1C(=O)S/C(=C\c2cn(Cc3ccc(F)cc3)c3ccccc23)C1=O. The number of rotatable bonds is 8. The molecule has 1 saturated heterocycles. The minimum absolute atomic E-state index is 0.131. The van der Waals surface area contributed by atoms with Gasteiger partial charge in [0.2, 0.25) is 0 Å². The van der Waals surface area contributed by atoms with Crippen LogP contribution in [0.2, 0.25) is 0 Å². The topological polar surface area (TPSA) is 60.8 Å². The van der Waals surface area contributed by atoms with Crippen LogP contribution >= 0.6 is 11.8 Å². The molecule has 182 valence electrons. The normalized spacial score (nSPS) is 14.7. The molecule has 8 heteroatoms. The maximum absolute atomic E-state index is 13.3. The Bertz CT molecular complexity index is 1460. The molecule has 0 atom stereocenters. The van der Waals surface area contributed by atoms with Crippen molar-refractivity contribution in [3.8, 4) is 11.5 Å². The molecule has 6 nitrogen and oxygen atoms in total. The van der Waals surface area contributed by atoms with Crippen LogP contribution in [0, 0.1) is 5.82 Å². The first kappa shape index (κ1) is 23.7. The average molecular weight is 503 g/mol. The molecule has 36 heavy (non-hydrogen) atoms. The first-order valence-corrected chi connectivity index (χ1v) is 12.2. The van der Waals surface area contributed by atoms with Gasteiger partial charge in [0.15, 0.2) is 11.5 Å². The van der Waals surface area contributed by atoms with Gasteiger partial charge in [0, 0.05) is 29.2 Å². The zero-order valence-electron chi connectivity index (χ0n) is 19.5. The van der Waals surface area contributed by atoms with E-state index in [-0.39, 0.29) is 30.1 Å². The predicted octanol–water partition coefficient (Wildman–Crippen LogP) is 5.95. The number of nitrogens with zero attached hydrogens (tertiary/aromatic N) is 2. The quantitative estimate of drug-likeness (QED) is 0.279. The molecule has 0 saturated carbocycles. The van der Waals surface area contributed by atoms with Gasteiger partial charge in [-0.3, -0.25) is 14.5 Å². The van der Waals surface area contributed by atoms with Crippen molar-refractivity contribution in [1.82, 2.24) is 9.47 Å². The smallest absolute Gasteiger partial charge is 0.293 e. The maximum atomic E-state index is 13.3. The number of aromatic nitrogens is 1. The van der Waals surface area contributed by atoms with Gasteiger partial charge in [-0.25, -0.2) is 4.39 Å². The van der Waals surface area contributed by atoms with E-state index >= 15 is 0 Å². The van der Waals surface area contributed by atoms with Gasteiger partial charge in [-0.15, -0.1) is 0 Å². The highest BCUT2D eigenvalue weighted by Crippen LogP contribution is 2.34. The van der Waals surface area contributed by atoms with Crippen LogP contribution < -0.4 is 9.47 Å². The number of hydrogen-bond donors (Lipinski definition) is 0. The molecule has 5 rings (SSSR count). The third-order valence-electron chi connectivity index (χ3n) is 5.89. The van der Waals surface area contributed by atoms with Gasteiger partial charge in [0.05, 0.1) is 18.6 Å². The minimum atomic E-state index is -0.344. The highest BCUT2D eigenvalue weighted by molar-refractivity contribution is 8.18. The van der Waals surface area contributed by atoms with Crippen LogP contribution in [-0.4, -0.2) is 40.9 Å². The molecular weight excluding hydrogens is 479 g/mol. The summed E-state index contributed by atoms with van der Waals surface area (Å²) in [5.74, 6) is 0.518. The third kappa shape index (κ3) is 4.85. The molecule has 4 aromatic rings. The van der Waals surface area contributed by atoms with Gasteiger partial charge >= 0.3 is 0 Å². The lowest BCUT2D eigenvalue weighted by Gasteiger charge is -2.14. The lowest BCUT2D eigenvalue weighted by molar-refractivity contribution is -0.123. The highest BCUT2D eigenvalue weighted by atomic mass is 32.2. The van der Waals surface area contributed by atoms with Gasteiger partial charge in [-0.2, -0.15) is 0 Å². The van der Waals surface area contributed by atoms with Crippen molar-refractivity contribution in [3.05, 3.63) is 101 Å². The fraction of sp³-hybridized carbons (Fsp3) is 0.143. The van der Waals surface area contributed by atoms with E-state index in [0.29, 0.717) is 22.9 Å². The summed E-state index contributed by atoms with van der Waals surface area (Å²) in [6, 6.07) is 21.5. The highest BCUT2D eigenvalue weighted by Gasteiger charge is 2.35. The summed E-state index contributed by atoms with van der Waals surface area (Å²) in [5.41, 5.74) is 2.78. The van der Waals surface area contributed by atoms with Gasteiger partial charge in [0.25, 0.3) is 11.1 Å². The summed E-state index contributed by atoms with van der Waals surface area (Å²) >= 11 is 0.921. The first-order chi connectivity index (χ1) is 17.5. The van der Waals surface area contributed by atoms with E-state index in [4.69, 9.17) is 9.47 Å². The summed E-state index contributed by atoms with van der Waals surface area (Å²) in [4.78, 5) is 27.2. The second-order valence-corrected chi connectivity index (χ2v) is 9.18. The summed E-state index contributed by atoms with van der Waals surface area (Å²) in [6.45, 7) is 0.839. The van der Waals surface area contributed by atoms with E-state index in [1.165, 1.54) is 17.0 Å². The van der Waals surface area contributed by atoms with Crippen molar-refractivity contribution in [3.63, 3.8) is 0 Å². The lowest BCUT2D eigenvalue weighted by atomic mass is 10.1. The van der Waals surface area contributed by atoms with Gasteiger partial charge in [-0.1, -0.05) is 42.5 Å². The lowest BCUT2D eigenvalue weighted by Crippen LogP contribution is -2.32. The van der Waals surface area contributed by atoms with Crippen molar-refractivity contribution in [2.75, 3.05) is 20.3 Å². The van der Waals surface area contributed by atoms with E-state index in [1.54, 1.807) is 37.5 Å². The van der Waals surface area contributed by atoms with Crippen molar-refractivity contribution in [1.29, 1.82) is 0 Å². The van der Waals surface area contributed by atoms with Crippen molar-refractivity contribution in [2.24, 2.45) is 0 Å². The molecule has 0 N–H and O–H groups in total. The molecule has 1 aliphatic heterocycles. The number of benzene rings is 3. The number of carbonyl (C=O) groups is 2. The molecule has 0 bridgehead atoms. The summed E-state index contributed by atoms with van der Waals surface area (Å²) in [6.07, 6.45) is 3.71. The average Bonchev–Trinajstić information content (AvgIpc) is 3.37. The number of methoxy groups -OCH3 is 1. The number of hydrogen-bond acceptors (Lipinski definition) is 5. The molecule has 0 spiro atoms. The standard InChI is InChI=1S/C28H23FN2O4S/c1-34-24-8-4-5-9-25(24)35-15-14-31-27(32)26(36-28(31)33)16-20-18-30(23-7-3-2-6-22(20)23)17-19-10-12-21(29)13-11-19/h2-13,16,18H,14-15,17H2,1H3/b26-16-. The number of ether oxygens (including phenoxy) is 2. The zero-order chi connectivity index (χ0) is 25.1. The van der Waals surface area contributed by atoms with Crippen LogP contribution in [0.25, 0.3) is 17.0 Å². The summed E-state index contributed by atoms with van der Waals surface area (Å²) in [7, 11) is 1.56. The predicted molar refractivity (Wildman–Crippen MR) is 139 cm³/mol. The number of carbonyl (C=O) groups excluding carboxylic acids is 2. The molecule has 0 aliphatic carbocycles. The van der Waals surface area contributed by atoms with Crippen LogP contribution in [-0.2, 0) is 11.3 Å². The largest absolute Gasteiger partial charge is 0.493 e. The Morgan fingerprint density at radius 2 is 1.67 bits per heavy atom. The number of halogens is 1. The maximum Gasteiger partial charge on any atom is 0.293 e. The van der Waals surface area contributed by atoms with Crippen molar-refractivity contribution >= 4 is 39.9 Å². The molecule has 1 fully saturated rings. The van der Waals surface area contributed by atoms with E-state index in [2.05, 4.69) is 4.57 Å². The number of fused-ring (bicyclic) bond motifs is 1. The fourth-order valence-corrected chi connectivity index (χ4v) is 4.98. The number of amides is 2. The molecule has 1 aromatic heterocycles. The van der Waals surface area contributed by atoms with Gasteiger partial charge < -0.3 is 14.0 Å². The van der Waals surface area contributed by atoms with Crippen LogP contribution in [0.5, 0.6) is 11.5 Å². The van der Waals surface area contributed by atoms with E-state index in [0.717, 1.165) is 33.8 Å². The zero-order valence-corrected chi connectivity index (χ0v) is 20.3. The Balaban J connectivity index is 1.34. The van der Waals surface area contributed by atoms with Crippen LogP contribution in [0.1, 0.15) is 11.1 Å². The Morgan fingerprint density at radius 3 is 2.44 bits per heavy atom. The van der Waals surface area contributed by atoms with Gasteiger partial charge in [-0.05, 0) is 53.7 Å². The fourth-order valence-electron chi connectivity index (χ4n) is 4.13. The first-order valence-electron chi connectivity index (χ1n) is 11.4. The monoisotopic (exact) mass is 502 g/mol. The molecule has 3 aromatic carbocycles. The molecule has 0 radical (unpaired) electrons. The van der Waals surface area contributed by atoms with Crippen LogP contribution in [0.15, 0.2) is 83.9 Å². The van der Waals surface area contributed by atoms with Crippen molar-refractivity contribution < 1.29 is 23.5 Å². The molecule has 2 amide bonds. The Morgan fingerprint density at radius 1 is 0.944 bits per heavy atom. The minimum Gasteiger partial charge on any atom is -0.493 e. The Labute approximate surface area is 211 Å². The summed E-state index contributed by atoms with van der Waals surface area (Å²) in [5, 5.41) is 0.635. The van der Waals surface area contributed by atoms with E-state index in [1.807, 2.05) is 42.6 Å². The van der Waals surface area contributed by atoms with Crippen LogP contribution in [0.3, 0.4) is 0 Å². The second-order valence-electron chi connectivity index (χ2n) is 8.19. The van der Waals surface area contributed by atoms with Crippen molar-refractivity contribution in [2.45, 2.75) is 6.54 Å². The molecule has 1 aliphatic rings. The molecular formula is C28H23FN2O4S. The van der Waals surface area contributed by atoms with Crippen LogP contribution in [0.4, 0.5) is 9.18 Å².